The SMILES string of the molecule is CO[Si](C)(OC)C(CCN)(C(C)N)C(C)N. The highest BCUT2D eigenvalue weighted by molar-refractivity contribution is 6.69. The maximum atomic E-state index is 6.14. The summed E-state index contributed by atoms with van der Waals surface area (Å²) in [5.74, 6) is 0. The van der Waals surface area contributed by atoms with Gasteiger partial charge in [0, 0.05) is 31.3 Å². The molecule has 5 nitrogen and oxygen atoms in total. The maximum Gasteiger partial charge on any atom is 0.344 e. The smallest absolute Gasteiger partial charge is 0.344 e. The van der Waals surface area contributed by atoms with Crippen molar-refractivity contribution in [3.8, 4) is 0 Å². The van der Waals surface area contributed by atoms with Crippen LogP contribution >= 0.6 is 0 Å². The minimum Gasteiger partial charge on any atom is -0.397 e. The average Bonchev–Trinajstić information content (AvgIpc) is 2.23. The van der Waals surface area contributed by atoms with Crippen molar-refractivity contribution in [2.45, 2.75) is 43.9 Å². The molecule has 6 N–H and O–H groups in total. The largest absolute Gasteiger partial charge is 0.397 e. The second kappa shape index (κ2) is 6.09. The van der Waals surface area contributed by atoms with E-state index in [0.717, 1.165) is 0 Å². The molecule has 0 aromatic heterocycles. The predicted molar refractivity (Wildman–Crippen MR) is 69.3 cm³/mol. The van der Waals surface area contributed by atoms with E-state index in [4.69, 9.17) is 26.1 Å². The quantitative estimate of drug-likeness (QED) is 0.558. The molecule has 0 saturated carbocycles. The summed E-state index contributed by atoms with van der Waals surface area (Å²) in [6.07, 6.45) is 0.715. The highest BCUT2D eigenvalue weighted by Gasteiger charge is 2.57. The standard InChI is InChI=1S/C10H27N3O2Si/c1-8(12)10(6-7-11,9(2)13)16(5,14-3)15-4/h8-9H,6-7,11-13H2,1-5H3. The van der Waals surface area contributed by atoms with Crippen LogP contribution in [0.25, 0.3) is 0 Å². The minimum absolute atomic E-state index is 0.118. The van der Waals surface area contributed by atoms with Gasteiger partial charge in [0.05, 0.1) is 0 Å². The van der Waals surface area contributed by atoms with Gasteiger partial charge in [-0.3, -0.25) is 0 Å². The highest BCUT2D eigenvalue weighted by atomic mass is 28.4. The fraction of sp³-hybridized carbons (Fsp3) is 1.00. The van der Waals surface area contributed by atoms with Crippen LogP contribution < -0.4 is 17.2 Å². The van der Waals surface area contributed by atoms with Crippen LogP contribution in [0.1, 0.15) is 20.3 Å². The molecule has 0 fully saturated rings. The summed E-state index contributed by atoms with van der Waals surface area (Å²) in [6.45, 7) is 6.42. The van der Waals surface area contributed by atoms with Gasteiger partial charge in [0.2, 0.25) is 0 Å². The average molecular weight is 249 g/mol. The maximum absolute atomic E-state index is 6.14. The Balaban J connectivity index is 5.48. The van der Waals surface area contributed by atoms with Gasteiger partial charge < -0.3 is 26.1 Å². The van der Waals surface area contributed by atoms with Gasteiger partial charge in [-0.15, -0.1) is 0 Å². The van der Waals surface area contributed by atoms with Crippen LogP contribution in [0.5, 0.6) is 0 Å². The Morgan fingerprint density at radius 2 is 1.50 bits per heavy atom. The van der Waals surface area contributed by atoms with E-state index in [9.17, 15) is 0 Å². The van der Waals surface area contributed by atoms with E-state index in [-0.39, 0.29) is 17.1 Å². The Hall–Kier alpha value is 0.0169. The number of hydrogen-bond donors (Lipinski definition) is 3. The second-order valence-electron chi connectivity index (χ2n) is 4.51. The van der Waals surface area contributed by atoms with Crippen molar-refractivity contribution < 1.29 is 8.85 Å². The van der Waals surface area contributed by atoms with Gasteiger partial charge in [0.25, 0.3) is 0 Å². The van der Waals surface area contributed by atoms with Gasteiger partial charge in [-0.25, -0.2) is 0 Å². The first kappa shape index (κ1) is 16.0. The summed E-state index contributed by atoms with van der Waals surface area (Å²) in [7, 11) is 0.863. The molecule has 6 heteroatoms. The first-order valence-corrected chi connectivity index (χ1v) is 7.95. The molecule has 0 aromatic rings. The molecule has 0 spiro atoms. The molecule has 2 atom stereocenters. The molecule has 0 rings (SSSR count). The van der Waals surface area contributed by atoms with Crippen molar-refractivity contribution in [2.24, 2.45) is 17.2 Å². The van der Waals surface area contributed by atoms with Crippen LogP contribution in [0, 0.1) is 0 Å². The van der Waals surface area contributed by atoms with Crippen molar-refractivity contribution in [1.82, 2.24) is 0 Å². The van der Waals surface area contributed by atoms with Crippen LogP contribution in [-0.4, -0.2) is 41.4 Å². The molecule has 0 aliphatic carbocycles. The van der Waals surface area contributed by atoms with Gasteiger partial charge in [-0.1, -0.05) is 0 Å². The zero-order valence-corrected chi connectivity index (χ0v) is 12.1. The Morgan fingerprint density at radius 3 is 1.69 bits per heavy atom. The van der Waals surface area contributed by atoms with Gasteiger partial charge in [0.15, 0.2) is 0 Å². The lowest BCUT2D eigenvalue weighted by molar-refractivity contribution is 0.179. The van der Waals surface area contributed by atoms with E-state index >= 15 is 0 Å². The highest BCUT2D eigenvalue weighted by Crippen LogP contribution is 2.46. The van der Waals surface area contributed by atoms with Crippen molar-refractivity contribution in [3.63, 3.8) is 0 Å². The number of nitrogens with two attached hydrogens (primary N) is 3. The summed E-state index contributed by atoms with van der Waals surface area (Å²) >= 11 is 0. The molecule has 0 heterocycles. The molecule has 2 unspecified atom stereocenters. The Kier molecular flexibility index (Phi) is 6.09. The molecule has 0 saturated heterocycles. The molecule has 0 aliphatic rings. The molecule has 0 aromatic carbocycles. The lowest BCUT2D eigenvalue weighted by Crippen LogP contribution is -2.63. The fourth-order valence-electron chi connectivity index (χ4n) is 2.63. The third-order valence-electron chi connectivity index (χ3n) is 3.81. The molecule has 16 heavy (non-hydrogen) atoms. The summed E-state index contributed by atoms with van der Waals surface area (Å²) in [5, 5.41) is -0.370. The van der Waals surface area contributed by atoms with E-state index in [1.807, 2.05) is 20.4 Å². The van der Waals surface area contributed by atoms with E-state index < -0.39 is 8.56 Å². The third-order valence-corrected chi connectivity index (χ3v) is 8.22. The first-order valence-electron chi connectivity index (χ1n) is 5.64. The van der Waals surface area contributed by atoms with Crippen LogP contribution in [0.4, 0.5) is 0 Å². The van der Waals surface area contributed by atoms with E-state index in [0.29, 0.717) is 13.0 Å². The summed E-state index contributed by atoms with van der Waals surface area (Å²) in [5.41, 5.74) is 18.0. The molecular formula is C10H27N3O2Si. The summed E-state index contributed by atoms with van der Waals surface area (Å²) in [6, 6.07) is -0.236. The van der Waals surface area contributed by atoms with E-state index in [1.165, 1.54) is 0 Å². The zero-order chi connectivity index (χ0) is 13.0. The van der Waals surface area contributed by atoms with Crippen LogP contribution in [0.3, 0.4) is 0 Å². The van der Waals surface area contributed by atoms with Crippen molar-refractivity contribution in [3.05, 3.63) is 0 Å². The van der Waals surface area contributed by atoms with Crippen molar-refractivity contribution in [1.29, 1.82) is 0 Å². The Labute approximate surface area is 99.9 Å². The van der Waals surface area contributed by atoms with Crippen LogP contribution in [0.15, 0.2) is 0 Å². The molecular weight excluding hydrogens is 222 g/mol. The fourth-order valence-corrected chi connectivity index (χ4v) is 5.81. The Morgan fingerprint density at radius 1 is 1.12 bits per heavy atom. The second-order valence-corrected chi connectivity index (χ2v) is 8.15. The van der Waals surface area contributed by atoms with Crippen LogP contribution in [-0.2, 0) is 8.85 Å². The summed E-state index contributed by atoms with van der Waals surface area (Å²) in [4.78, 5) is 0. The first-order chi connectivity index (χ1) is 7.32. The lowest BCUT2D eigenvalue weighted by atomic mass is 9.90. The molecule has 98 valence electrons. The van der Waals surface area contributed by atoms with E-state index in [1.54, 1.807) is 14.2 Å². The van der Waals surface area contributed by atoms with Crippen LogP contribution in [0.2, 0.25) is 11.6 Å². The lowest BCUT2D eigenvalue weighted by Gasteiger charge is -2.49. The topological polar surface area (TPSA) is 96.5 Å². The monoisotopic (exact) mass is 249 g/mol. The normalized spacial score (nSPS) is 20.2. The van der Waals surface area contributed by atoms with Crippen molar-refractivity contribution >= 4 is 8.56 Å². The van der Waals surface area contributed by atoms with E-state index in [2.05, 4.69) is 0 Å². The zero-order valence-electron chi connectivity index (χ0n) is 11.1. The summed E-state index contributed by atoms with van der Waals surface area (Å²) < 4.78 is 11.3. The molecule has 0 amide bonds. The molecule has 0 bridgehead atoms. The predicted octanol–water partition coefficient (Wildman–Crippen LogP) is 0.135. The molecule has 0 aliphatic heterocycles. The number of hydrogen-bond acceptors (Lipinski definition) is 5. The minimum atomic E-state index is -2.45. The van der Waals surface area contributed by atoms with Gasteiger partial charge in [-0.05, 0) is 33.4 Å². The van der Waals surface area contributed by atoms with Crippen molar-refractivity contribution in [2.75, 3.05) is 20.8 Å². The third kappa shape index (κ3) is 2.47. The Bertz CT molecular complexity index is 200. The van der Waals surface area contributed by atoms with Gasteiger partial charge >= 0.3 is 8.56 Å². The molecule has 0 radical (unpaired) electrons. The number of rotatable bonds is 7. The van der Waals surface area contributed by atoms with Gasteiger partial charge in [0.1, 0.15) is 0 Å². The van der Waals surface area contributed by atoms with Gasteiger partial charge in [-0.2, -0.15) is 0 Å².